The Kier molecular flexibility index (Phi) is 2.71. The first-order valence-electron chi connectivity index (χ1n) is 6.34. The predicted octanol–water partition coefficient (Wildman–Crippen LogP) is 2.35. The SMILES string of the molecule is CC1(CNCc2ccc3c(c2)OCCO3)CC1. The number of fused-ring (bicyclic) bond motifs is 1. The van der Waals surface area contributed by atoms with Gasteiger partial charge in [0.05, 0.1) is 0 Å². The highest BCUT2D eigenvalue weighted by Gasteiger charge is 2.36. The topological polar surface area (TPSA) is 30.5 Å². The van der Waals surface area contributed by atoms with E-state index in [0.717, 1.165) is 24.6 Å². The lowest BCUT2D eigenvalue weighted by atomic mass is 10.1. The summed E-state index contributed by atoms with van der Waals surface area (Å²) >= 11 is 0. The molecule has 3 nitrogen and oxygen atoms in total. The Morgan fingerprint density at radius 3 is 2.71 bits per heavy atom. The van der Waals surface area contributed by atoms with Crippen LogP contribution in [-0.2, 0) is 6.54 Å². The zero-order valence-electron chi connectivity index (χ0n) is 10.3. The minimum Gasteiger partial charge on any atom is -0.486 e. The maximum absolute atomic E-state index is 5.57. The molecule has 1 aromatic carbocycles. The molecule has 92 valence electrons. The van der Waals surface area contributed by atoms with Crippen molar-refractivity contribution in [1.82, 2.24) is 5.32 Å². The van der Waals surface area contributed by atoms with Gasteiger partial charge in [0.15, 0.2) is 11.5 Å². The number of benzene rings is 1. The summed E-state index contributed by atoms with van der Waals surface area (Å²) in [6.07, 6.45) is 2.72. The standard InChI is InChI=1S/C14H19NO2/c1-14(4-5-14)10-15-9-11-2-3-12-13(8-11)17-7-6-16-12/h2-3,8,15H,4-7,9-10H2,1H3. The molecular weight excluding hydrogens is 214 g/mol. The Labute approximate surface area is 102 Å². The maximum atomic E-state index is 5.57. The highest BCUT2D eigenvalue weighted by atomic mass is 16.6. The van der Waals surface area contributed by atoms with Crippen molar-refractivity contribution in [2.75, 3.05) is 19.8 Å². The van der Waals surface area contributed by atoms with Crippen LogP contribution < -0.4 is 14.8 Å². The molecule has 0 bridgehead atoms. The van der Waals surface area contributed by atoms with E-state index in [4.69, 9.17) is 9.47 Å². The van der Waals surface area contributed by atoms with Gasteiger partial charge in [-0.25, -0.2) is 0 Å². The quantitative estimate of drug-likeness (QED) is 0.866. The Morgan fingerprint density at radius 2 is 1.94 bits per heavy atom. The molecule has 0 aromatic heterocycles. The molecule has 0 unspecified atom stereocenters. The number of hydrogen-bond donors (Lipinski definition) is 1. The number of nitrogens with one attached hydrogen (secondary N) is 1. The van der Waals surface area contributed by atoms with E-state index < -0.39 is 0 Å². The fourth-order valence-corrected chi connectivity index (χ4v) is 2.10. The third-order valence-electron chi connectivity index (χ3n) is 3.59. The fraction of sp³-hybridized carbons (Fsp3) is 0.571. The largest absolute Gasteiger partial charge is 0.486 e. The Hall–Kier alpha value is -1.22. The van der Waals surface area contributed by atoms with E-state index in [1.54, 1.807) is 0 Å². The lowest BCUT2D eigenvalue weighted by Gasteiger charge is -2.19. The van der Waals surface area contributed by atoms with Gasteiger partial charge in [-0.3, -0.25) is 0 Å². The minimum atomic E-state index is 0.563. The van der Waals surface area contributed by atoms with E-state index in [-0.39, 0.29) is 0 Å². The van der Waals surface area contributed by atoms with Crippen LogP contribution in [-0.4, -0.2) is 19.8 Å². The molecule has 17 heavy (non-hydrogen) atoms. The first kappa shape index (κ1) is 10.9. The summed E-state index contributed by atoms with van der Waals surface area (Å²) in [6, 6.07) is 6.19. The lowest BCUT2D eigenvalue weighted by Crippen LogP contribution is -2.21. The summed E-state index contributed by atoms with van der Waals surface area (Å²) < 4.78 is 11.1. The summed E-state index contributed by atoms with van der Waals surface area (Å²) in [6.45, 7) is 5.67. The van der Waals surface area contributed by atoms with Crippen molar-refractivity contribution in [2.45, 2.75) is 26.3 Å². The van der Waals surface area contributed by atoms with Crippen molar-refractivity contribution in [3.05, 3.63) is 23.8 Å². The van der Waals surface area contributed by atoms with Crippen LogP contribution in [0.4, 0.5) is 0 Å². The molecule has 1 aliphatic carbocycles. The van der Waals surface area contributed by atoms with Crippen LogP contribution >= 0.6 is 0 Å². The Morgan fingerprint density at radius 1 is 1.18 bits per heavy atom. The van der Waals surface area contributed by atoms with E-state index in [1.807, 2.05) is 6.07 Å². The average molecular weight is 233 g/mol. The summed E-state index contributed by atoms with van der Waals surface area (Å²) in [4.78, 5) is 0. The number of hydrogen-bond acceptors (Lipinski definition) is 3. The third kappa shape index (κ3) is 2.55. The van der Waals surface area contributed by atoms with Crippen molar-refractivity contribution < 1.29 is 9.47 Å². The molecule has 1 aromatic rings. The van der Waals surface area contributed by atoms with Crippen LogP contribution in [0.1, 0.15) is 25.3 Å². The van der Waals surface area contributed by atoms with E-state index in [1.165, 1.54) is 18.4 Å². The van der Waals surface area contributed by atoms with Crippen molar-refractivity contribution in [1.29, 1.82) is 0 Å². The molecule has 2 aliphatic rings. The molecule has 0 saturated heterocycles. The summed E-state index contributed by atoms with van der Waals surface area (Å²) in [5.74, 6) is 1.75. The van der Waals surface area contributed by atoms with E-state index >= 15 is 0 Å². The van der Waals surface area contributed by atoms with E-state index in [2.05, 4.69) is 24.4 Å². The van der Waals surface area contributed by atoms with Crippen LogP contribution in [0, 0.1) is 5.41 Å². The molecule has 0 spiro atoms. The average Bonchev–Trinajstić information content (AvgIpc) is 3.07. The molecule has 0 atom stereocenters. The highest BCUT2D eigenvalue weighted by Crippen LogP contribution is 2.44. The van der Waals surface area contributed by atoms with Gasteiger partial charge in [0.2, 0.25) is 0 Å². The summed E-state index contributed by atoms with van der Waals surface area (Å²) in [5, 5.41) is 3.51. The van der Waals surface area contributed by atoms with Crippen molar-refractivity contribution in [2.24, 2.45) is 5.41 Å². The van der Waals surface area contributed by atoms with Gasteiger partial charge < -0.3 is 14.8 Å². The highest BCUT2D eigenvalue weighted by molar-refractivity contribution is 5.43. The Balaban J connectivity index is 1.59. The number of rotatable bonds is 4. The van der Waals surface area contributed by atoms with Gasteiger partial charge in [0, 0.05) is 13.1 Å². The molecule has 1 heterocycles. The smallest absolute Gasteiger partial charge is 0.161 e. The van der Waals surface area contributed by atoms with Gasteiger partial charge in [-0.15, -0.1) is 0 Å². The van der Waals surface area contributed by atoms with Gasteiger partial charge in [-0.05, 0) is 36.0 Å². The van der Waals surface area contributed by atoms with E-state index in [0.29, 0.717) is 18.6 Å². The molecule has 0 radical (unpaired) electrons. The zero-order valence-corrected chi connectivity index (χ0v) is 10.3. The van der Waals surface area contributed by atoms with Gasteiger partial charge in [-0.2, -0.15) is 0 Å². The second-order valence-electron chi connectivity index (χ2n) is 5.39. The molecular formula is C14H19NO2. The molecule has 3 rings (SSSR count). The first-order chi connectivity index (χ1) is 8.25. The van der Waals surface area contributed by atoms with Crippen molar-refractivity contribution in [3.8, 4) is 11.5 Å². The molecule has 1 saturated carbocycles. The van der Waals surface area contributed by atoms with E-state index in [9.17, 15) is 0 Å². The van der Waals surface area contributed by atoms with Crippen molar-refractivity contribution in [3.63, 3.8) is 0 Å². The van der Waals surface area contributed by atoms with Gasteiger partial charge in [-0.1, -0.05) is 13.0 Å². The van der Waals surface area contributed by atoms with Gasteiger partial charge in [0.25, 0.3) is 0 Å². The molecule has 1 aliphatic heterocycles. The molecule has 3 heteroatoms. The monoisotopic (exact) mass is 233 g/mol. The van der Waals surface area contributed by atoms with Crippen molar-refractivity contribution >= 4 is 0 Å². The zero-order chi connectivity index (χ0) is 11.7. The normalized spacial score (nSPS) is 20.1. The lowest BCUT2D eigenvalue weighted by molar-refractivity contribution is 0.171. The number of ether oxygens (including phenoxy) is 2. The van der Waals surface area contributed by atoms with Gasteiger partial charge >= 0.3 is 0 Å². The Bertz CT molecular complexity index is 413. The van der Waals surface area contributed by atoms with Gasteiger partial charge in [0.1, 0.15) is 13.2 Å². The fourth-order valence-electron chi connectivity index (χ4n) is 2.10. The second-order valence-corrected chi connectivity index (χ2v) is 5.39. The first-order valence-corrected chi connectivity index (χ1v) is 6.34. The molecule has 0 amide bonds. The van der Waals surface area contributed by atoms with Crippen LogP contribution in [0.15, 0.2) is 18.2 Å². The van der Waals surface area contributed by atoms with Crippen LogP contribution in [0.25, 0.3) is 0 Å². The third-order valence-corrected chi connectivity index (χ3v) is 3.59. The molecule has 1 N–H and O–H groups in total. The maximum Gasteiger partial charge on any atom is 0.161 e. The summed E-state index contributed by atoms with van der Waals surface area (Å²) in [5.41, 5.74) is 1.83. The van der Waals surface area contributed by atoms with Crippen LogP contribution in [0.2, 0.25) is 0 Å². The van der Waals surface area contributed by atoms with Crippen LogP contribution in [0.3, 0.4) is 0 Å². The predicted molar refractivity (Wildman–Crippen MR) is 66.5 cm³/mol. The summed E-state index contributed by atoms with van der Waals surface area (Å²) in [7, 11) is 0. The molecule has 1 fully saturated rings. The van der Waals surface area contributed by atoms with Crippen LogP contribution in [0.5, 0.6) is 11.5 Å². The second kappa shape index (κ2) is 4.22. The minimum absolute atomic E-state index is 0.563.